The van der Waals surface area contributed by atoms with Gasteiger partial charge in [0.2, 0.25) is 0 Å². The average Bonchev–Trinajstić information content (AvgIpc) is 2.95. The highest BCUT2D eigenvalue weighted by Crippen LogP contribution is 2.28. The van der Waals surface area contributed by atoms with Crippen LogP contribution in [0.5, 0.6) is 0 Å². The quantitative estimate of drug-likeness (QED) is 0.634. The van der Waals surface area contributed by atoms with Gasteiger partial charge in [0, 0.05) is 10.9 Å². The van der Waals surface area contributed by atoms with E-state index in [0.29, 0.717) is 29.9 Å². The molecule has 1 aliphatic heterocycles. The first-order valence-electron chi connectivity index (χ1n) is 6.53. The topological polar surface area (TPSA) is 35.0 Å². The first kappa shape index (κ1) is 12.7. The summed E-state index contributed by atoms with van der Waals surface area (Å²) < 4.78 is 18.7. The minimum Gasteiger partial charge on any atom is -0.372 e. The molecule has 0 amide bonds. The molecular weight excluding hydrogens is 291 g/mol. The van der Waals surface area contributed by atoms with Gasteiger partial charge < -0.3 is 4.74 Å². The standard InChI is InChI=1S/C16H10ClFN2O/c17-15-13-6-12(18)3-4-14(13)19-16(20-15)9-1-2-10-7-21-8-11(10)5-9/h1-6H,7-8H2. The maximum absolute atomic E-state index is 13.3. The van der Waals surface area contributed by atoms with E-state index in [0.717, 1.165) is 11.1 Å². The summed E-state index contributed by atoms with van der Waals surface area (Å²) in [6.45, 7) is 1.25. The molecule has 0 saturated carbocycles. The Labute approximate surface area is 125 Å². The van der Waals surface area contributed by atoms with Gasteiger partial charge in [-0.25, -0.2) is 14.4 Å². The highest BCUT2D eigenvalue weighted by Gasteiger charge is 2.14. The Bertz CT molecular complexity index is 866. The van der Waals surface area contributed by atoms with Crippen LogP contribution in [0.1, 0.15) is 11.1 Å². The fourth-order valence-corrected chi connectivity index (χ4v) is 2.73. The predicted molar refractivity (Wildman–Crippen MR) is 78.4 cm³/mol. The molecule has 3 nitrogen and oxygen atoms in total. The van der Waals surface area contributed by atoms with E-state index in [1.165, 1.54) is 17.7 Å². The lowest BCUT2D eigenvalue weighted by molar-refractivity contribution is 0.134. The van der Waals surface area contributed by atoms with Crippen LogP contribution in [0.15, 0.2) is 36.4 Å². The van der Waals surface area contributed by atoms with Crippen molar-refractivity contribution in [2.24, 2.45) is 0 Å². The summed E-state index contributed by atoms with van der Waals surface area (Å²) >= 11 is 6.16. The highest BCUT2D eigenvalue weighted by molar-refractivity contribution is 6.34. The molecule has 0 N–H and O–H groups in total. The molecular formula is C16H10ClFN2O. The van der Waals surface area contributed by atoms with Gasteiger partial charge in [0.05, 0.1) is 18.7 Å². The lowest BCUT2D eigenvalue weighted by Gasteiger charge is -2.06. The number of nitrogens with zero attached hydrogens (tertiary/aromatic N) is 2. The van der Waals surface area contributed by atoms with Gasteiger partial charge in [-0.05, 0) is 35.4 Å². The molecule has 0 spiro atoms. The monoisotopic (exact) mass is 300 g/mol. The Morgan fingerprint density at radius 1 is 1.00 bits per heavy atom. The van der Waals surface area contributed by atoms with E-state index >= 15 is 0 Å². The van der Waals surface area contributed by atoms with E-state index < -0.39 is 0 Å². The zero-order chi connectivity index (χ0) is 14.4. The van der Waals surface area contributed by atoms with Crippen molar-refractivity contribution in [3.8, 4) is 11.4 Å². The van der Waals surface area contributed by atoms with Crippen LogP contribution in [0.2, 0.25) is 5.15 Å². The van der Waals surface area contributed by atoms with Gasteiger partial charge in [0.25, 0.3) is 0 Å². The van der Waals surface area contributed by atoms with Crippen LogP contribution < -0.4 is 0 Å². The summed E-state index contributed by atoms with van der Waals surface area (Å²) in [6.07, 6.45) is 0. The minimum absolute atomic E-state index is 0.256. The zero-order valence-corrected chi connectivity index (χ0v) is 11.7. The van der Waals surface area contributed by atoms with E-state index in [2.05, 4.69) is 9.97 Å². The Balaban J connectivity index is 1.89. The van der Waals surface area contributed by atoms with E-state index in [-0.39, 0.29) is 11.0 Å². The van der Waals surface area contributed by atoms with Crippen molar-refractivity contribution >= 4 is 22.5 Å². The lowest BCUT2D eigenvalue weighted by Crippen LogP contribution is -1.94. The molecule has 104 valence electrons. The van der Waals surface area contributed by atoms with Crippen LogP contribution in [0.25, 0.3) is 22.3 Å². The van der Waals surface area contributed by atoms with Gasteiger partial charge in [-0.3, -0.25) is 0 Å². The smallest absolute Gasteiger partial charge is 0.161 e. The molecule has 21 heavy (non-hydrogen) atoms. The first-order valence-corrected chi connectivity index (χ1v) is 6.91. The number of ether oxygens (including phenoxy) is 1. The predicted octanol–water partition coefficient (Wildman–Crippen LogP) is 4.12. The third kappa shape index (κ3) is 2.17. The van der Waals surface area contributed by atoms with Crippen molar-refractivity contribution in [1.29, 1.82) is 0 Å². The molecule has 3 aromatic rings. The molecule has 0 fully saturated rings. The fraction of sp³-hybridized carbons (Fsp3) is 0.125. The molecule has 1 aromatic heterocycles. The molecule has 0 aliphatic carbocycles. The van der Waals surface area contributed by atoms with E-state index in [4.69, 9.17) is 16.3 Å². The summed E-state index contributed by atoms with van der Waals surface area (Å²) in [5.74, 6) is 0.184. The summed E-state index contributed by atoms with van der Waals surface area (Å²) in [6, 6.07) is 10.3. The van der Waals surface area contributed by atoms with Crippen LogP contribution in [-0.2, 0) is 18.0 Å². The van der Waals surface area contributed by atoms with Crippen LogP contribution in [0.4, 0.5) is 4.39 Å². The molecule has 2 heterocycles. The summed E-state index contributed by atoms with van der Waals surface area (Å²) in [5.41, 5.74) is 3.84. The van der Waals surface area contributed by atoms with Crippen molar-refractivity contribution in [2.45, 2.75) is 13.2 Å². The Kier molecular flexibility index (Phi) is 2.87. The molecule has 0 unspecified atom stereocenters. The Morgan fingerprint density at radius 3 is 2.76 bits per heavy atom. The number of fused-ring (bicyclic) bond motifs is 2. The maximum Gasteiger partial charge on any atom is 0.161 e. The molecule has 4 rings (SSSR count). The minimum atomic E-state index is -0.351. The maximum atomic E-state index is 13.3. The van der Waals surface area contributed by atoms with Gasteiger partial charge in [-0.2, -0.15) is 0 Å². The van der Waals surface area contributed by atoms with Crippen molar-refractivity contribution in [2.75, 3.05) is 0 Å². The zero-order valence-electron chi connectivity index (χ0n) is 10.9. The van der Waals surface area contributed by atoms with E-state index in [1.807, 2.05) is 18.2 Å². The normalized spacial score (nSPS) is 13.6. The van der Waals surface area contributed by atoms with Crippen molar-refractivity contribution < 1.29 is 9.13 Å². The van der Waals surface area contributed by atoms with Crippen molar-refractivity contribution in [1.82, 2.24) is 9.97 Å². The number of hydrogen-bond acceptors (Lipinski definition) is 3. The molecule has 0 bridgehead atoms. The van der Waals surface area contributed by atoms with Crippen LogP contribution in [0, 0.1) is 5.82 Å². The number of aromatic nitrogens is 2. The van der Waals surface area contributed by atoms with Gasteiger partial charge >= 0.3 is 0 Å². The third-order valence-corrected chi connectivity index (χ3v) is 3.88. The van der Waals surface area contributed by atoms with Crippen LogP contribution in [-0.4, -0.2) is 9.97 Å². The molecule has 0 atom stereocenters. The molecule has 5 heteroatoms. The second-order valence-electron chi connectivity index (χ2n) is 4.98. The van der Waals surface area contributed by atoms with Crippen molar-refractivity contribution in [3.05, 3.63) is 58.5 Å². The molecule has 1 aliphatic rings. The Hall–Kier alpha value is -2.04. The van der Waals surface area contributed by atoms with Gasteiger partial charge in [-0.15, -0.1) is 0 Å². The van der Waals surface area contributed by atoms with Crippen LogP contribution >= 0.6 is 11.6 Å². The van der Waals surface area contributed by atoms with Gasteiger partial charge in [0.1, 0.15) is 11.0 Å². The van der Waals surface area contributed by atoms with E-state index in [1.54, 1.807) is 6.07 Å². The van der Waals surface area contributed by atoms with Crippen LogP contribution in [0.3, 0.4) is 0 Å². The number of halogens is 2. The third-order valence-electron chi connectivity index (χ3n) is 3.59. The number of rotatable bonds is 1. The summed E-state index contributed by atoms with van der Waals surface area (Å²) in [4.78, 5) is 8.75. The molecule has 2 aromatic carbocycles. The highest BCUT2D eigenvalue weighted by atomic mass is 35.5. The molecule has 0 saturated heterocycles. The SMILES string of the molecule is Fc1ccc2nc(-c3ccc4c(c3)COC4)nc(Cl)c2c1. The Morgan fingerprint density at radius 2 is 1.86 bits per heavy atom. The number of benzene rings is 2. The lowest BCUT2D eigenvalue weighted by atomic mass is 10.1. The first-order chi connectivity index (χ1) is 10.2. The molecule has 0 radical (unpaired) electrons. The largest absolute Gasteiger partial charge is 0.372 e. The van der Waals surface area contributed by atoms with Gasteiger partial charge in [0.15, 0.2) is 5.82 Å². The second-order valence-corrected chi connectivity index (χ2v) is 5.33. The second kappa shape index (κ2) is 4.76. The average molecular weight is 301 g/mol. The summed E-state index contributed by atoms with van der Waals surface area (Å²) in [5, 5.41) is 0.774. The summed E-state index contributed by atoms with van der Waals surface area (Å²) in [7, 11) is 0. The number of hydrogen-bond donors (Lipinski definition) is 0. The van der Waals surface area contributed by atoms with E-state index in [9.17, 15) is 4.39 Å². The van der Waals surface area contributed by atoms with Gasteiger partial charge in [-0.1, -0.05) is 23.7 Å². The van der Waals surface area contributed by atoms with Crippen molar-refractivity contribution in [3.63, 3.8) is 0 Å². The fourth-order valence-electron chi connectivity index (χ4n) is 2.50.